The first-order valence-corrected chi connectivity index (χ1v) is 6.61. The van der Waals surface area contributed by atoms with E-state index in [0.29, 0.717) is 10.8 Å². The van der Waals surface area contributed by atoms with Crippen LogP contribution in [-0.4, -0.2) is 50.1 Å². The number of rotatable bonds is 4. The molecule has 0 aliphatic carbocycles. The van der Waals surface area contributed by atoms with E-state index in [9.17, 15) is 23.8 Å². The van der Waals surface area contributed by atoms with Gasteiger partial charge in [0.05, 0.1) is 12.8 Å². The summed E-state index contributed by atoms with van der Waals surface area (Å²) < 4.78 is 33.6. The molecule has 4 atom stereocenters. The molecule has 0 spiro atoms. The maximum Gasteiger partial charge on any atom is 0.351 e. The lowest BCUT2D eigenvalue weighted by Crippen LogP contribution is -2.48. The van der Waals surface area contributed by atoms with Gasteiger partial charge < -0.3 is 20.7 Å². The van der Waals surface area contributed by atoms with Crippen LogP contribution in [0.3, 0.4) is 0 Å². The molecule has 1 aliphatic heterocycles. The summed E-state index contributed by atoms with van der Waals surface area (Å²) in [5.74, 6) is -1.75. The van der Waals surface area contributed by atoms with Crippen LogP contribution in [0.5, 0.6) is 0 Å². The molecule has 118 valence electrons. The predicted octanol–water partition coefficient (Wildman–Crippen LogP) is -0.448. The van der Waals surface area contributed by atoms with Crippen LogP contribution >= 0.6 is 11.6 Å². The number of nitrogens with two attached hydrogens (primary N) is 1. The van der Waals surface area contributed by atoms with E-state index in [1.807, 2.05) is 0 Å². The SMILES string of the molecule is Nc1nc(=O)n([C@@H]2O[C@H](CO)[C@](O)(CCCl)[C@H]2F)cc1F. The zero-order valence-corrected chi connectivity index (χ0v) is 11.5. The number of hydrogen-bond acceptors (Lipinski definition) is 6. The zero-order chi connectivity index (χ0) is 15.8. The fourth-order valence-electron chi connectivity index (χ4n) is 2.28. The maximum absolute atomic E-state index is 14.5. The highest BCUT2D eigenvalue weighted by Gasteiger charge is 2.56. The third-order valence-electron chi connectivity index (χ3n) is 3.46. The molecule has 0 aromatic carbocycles. The summed E-state index contributed by atoms with van der Waals surface area (Å²) in [6, 6.07) is 0. The van der Waals surface area contributed by atoms with E-state index in [0.717, 1.165) is 0 Å². The number of aromatic nitrogens is 2. The van der Waals surface area contributed by atoms with Crippen LogP contribution in [0.15, 0.2) is 11.0 Å². The van der Waals surface area contributed by atoms with Gasteiger partial charge in [0.25, 0.3) is 0 Å². The first-order valence-electron chi connectivity index (χ1n) is 6.08. The van der Waals surface area contributed by atoms with Gasteiger partial charge in [0.1, 0.15) is 11.7 Å². The van der Waals surface area contributed by atoms with Gasteiger partial charge in [-0.1, -0.05) is 0 Å². The van der Waals surface area contributed by atoms with Crippen molar-refractivity contribution in [2.24, 2.45) is 0 Å². The molecular weight excluding hydrogens is 312 g/mol. The van der Waals surface area contributed by atoms with Crippen LogP contribution in [-0.2, 0) is 4.74 Å². The van der Waals surface area contributed by atoms with Gasteiger partial charge in [-0.2, -0.15) is 4.98 Å². The molecular formula is C11H14ClF2N3O4. The van der Waals surface area contributed by atoms with Gasteiger partial charge in [0.2, 0.25) is 0 Å². The fraction of sp³-hybridized carbons (Fsp3) is 0.636. The minimum Gasteiger partial charge on any atom is -0.394 e. The first kappa shape index (κ1) is 16.1. The second-order valence-electron chi connectivity index (χ2n) is 4.69. The predicted molar refractivity (Wildman–Crippen MR) is 69.0 cm³/mol. The molecule has 10 heteroatoms. The highest BCUT2D eigenvalue weighted by molar-refractivity contribution is 6.17. The standard InChI is InChI=1S/C11H14ClF2N3O4/c12-2-1-11(20)6(4-18)21-9(7(11)14)17-3-5(13)8(15)16-10(17)19/h3,6-7,9,18,20H,1-2,4H2,(H2,15,16,19)/t6-,7+,9-,11-/m1/s1. The van der Waals surface area contributed by atoms with E-state index in [4.69, 9.17) is 22.1 Å². The van der Waals surface area contributed by atoms with Crippen molar-refractivity contribution in [3.63, 3.8) is 0 Å². The van der Waals surface area contributed by atoms with Crippen molar-refractivity contribution in [1.82, 2.24) is 9.55 Å². The molecule has 0 unspecified atom stereocenters. The molecule has 0 radical (unpaired) electrons. The Labute approximate surface area is 122 Å². The molecule has 1 aromatic heterocycles. The topological polar surface area (TPSA) is 111 Å². The van der Waals surface area contributed by atoms with Crippen LogP contribution in [0.2, 0.25) is 0 Å². The molecule has 21 heavy (non-hydrogen) atoms. The second-order valence-corrected chi connectivity index (χ2v) is 5.07. The normalized spacial score (nSPS) is 32.5. The van der Waals surface area contributed by atoms with Gasteiger partial charge in [0, 0.05) is 5.88 Å². The minimum absolute atomic E-state index is 0.0905. The maximum atomic E-state index is 14.5. The summed E-state index contributed by atoms with van der Waals surface area (Å²) in [5.41, 5.74) is 2.02. The summed E-state index contributed by atoms with van der Waals surface area (Å²) in [4.78, 5) is 14.9. The second kappa shape index (κ2) is 5.84. The smallest absolute Gasteiger partial charge is 0.351 e. The zero-order valence-electron chi connectivity index (χ0n) is 10.7. The average molecular weight is 326 g/mol. The average Bonchev–Trinajstić information content (AvgIpc) is 2.67. The first-order chi connectivity index (χ1) is 9.85. The Kier molecular flexibility index (Phi) is 4.47. The highest BCUT2D eigenvalue weighted by Crippen LogP contribution is 2.41. The number of anilines is 1. The van der Waals surface area contributed by atoms with Crippen LogP contribution < -0.4 is 11.4 Å². The number of alkyl halides is 2. The van der Waals surface area contributed by atoms with Gasteiger partial charge in [0.15, 0.2) is 24.0 Å². The molecule has 1 aromatic rings. The summed E-state index contributed by atoms with van der Waals surface area (Å²) in [5, 5.41) is 19.5. The molecule has 0 bridgehead atoms. The van der Waals surface area contributed by atoms with Crippen molar-refractivity contribution in [3.05, 3.63) is 22.5 Å². The van der Waals surface area contributed by atoms with E-state index in [2.05, 4.69) is 4.98 Å². The third kappa shape index (κ3) is 2.61. The van der Waals surface area contributed by atoms with Crippen molar-refractivity contribution in [3.8, 4) is 0 Å². The monoisotopic (exact) mass is 325 g/mol. The van der Waals surface area contributed by atoms with E-state index < -0.39 is 48.0 Å². The van der Waals surface area contributed by atoms with Crippen LogP contribution in [0.25, 0.3) is 0 Å². The summed E-state index contributed by atoms with van der Waals surface area (Å²) >= 11 is 5.51. The largest absolute Gasteiger partial charge is 0.394 e. The van der Waals surface area contributed by atoms with Gasteiger partial charge in [-0.15, -0.1) is 11.6 Å². The van der Waals surface area contributed by atoms with Crippen molar-refractivity contribution in [2.45, 2.75) is 30.5 Å². The number of nitrogens with zero attached hydrogens (tertiary/aromatic N) is 2. The molecule has 1 saturated heterocycles. The molecule has 0 saturated carbocycles. The van der Waals surface area contributed by atoms with E-state index in [-0.39, 0.29) is 12.3 Å². The molecule has 7 nitrogen and oxygen atoms in total. The molecule has 0 amide bonds. The molecule has 1 fully saturated rings. The number of aliphatic hydroxyl groups is 2. The number of halogens is 3. The Morgan fingerprint density at radius 1 is 1.62 bits per heavy atom. The summed E-state index contributed by atoms with van der Waals surface area (Å²) in [6.45, 7) is -0.691. The highest BCUT2D eigenvalue weighted by atomic mass is 35.5. The number of ether oxygens (including phenoxy) is 1. The summed E-state index contributed by atoms with van der Waals surface area (Å²) in [7, 11) is 0. The molecule has 1 aliphatic rings. The Morgan fingerprint density at radius 3 is 2.86 bits per heavy atom. The van der Waals surface area contributed by atoms with Crippen molar-refractivity contribution in [2.75, 3.05) is 18.2 Å². The van der Waals surface area contributed by atoms with Gasteiger partial charge in [-0.25, -0.2) is 13.6 Å². The van der Waals surface area contributed by atoms with Crippen molar-refractivity contribution >= 4 is 17.4 Å². The van der Waals surface area contributed by atoms with Gasteiger partial charge in [-0.3, -0.25) is 4.57 Å². The quantitative estimate of drug-likeness (QED) is 0.647. The Bertz CT molecular complexity index is 587. The molecule has 2 rings (SSSR count). The summed E-state index contributed by atoms with van der Waals surface area (Å²) in [6.07, 6.45) is -4.61. The van der Waals surface area contributed by atoms with Crippen LogP contribution in [0.1, 0.15) is 12.6 Å². The Balaban J connectivity index is 2.43. The lowest BCUT2D eigenvalue weighted by molar-refractivity contribution is -0.0867. The van der Waals surface area contributed by atoms with E-state index >= 15 is 0 Å². The minimum atomic E-state index is -2.10. The van der Waals surface area contributed by atoms with E-state index in [1.54, 1.807) is 0 Å². The Morgan fingerprint density at radius 2 is 2.29 bits per heavy atom. The number of aliphatic hydroxyl groups excluding tert-OH is 1. The third-order valence-corrected chi connectivity index (χ3v) is 3.65. The fourth-order valence-corrected chi connectivity index (χ4v) is 2.58. The lowest BCUT2D eigenvalue weighted by atomic mass is 9.90. The van der Waals surface area contributed by atoms with Crippen molar-refractivity contribution < 1.29 is 23.7 Å². The van der Waals surface area contributed by atoms with Gasteiger partial charge >= 0.3 is 5.69 Å². The van der Waals surface area contributed by atoms with Crippen LogP contribution in [0.4, 0.5) is 14.6 Å². The number of nitrogen functional groups attached to an aromatic ring is 1. The van der Waals surface area contributed by atoms with Crippen LogP contribution in [0, 0.1) is 5.82 Å². The molecule has 4 N–H and O–H groups in total. The van der Waals surface area contributed by atoms with Crippen molar-refractivity contribution in [1.29, 1.82) is 0 Å². The molecule has 2 heterocycles. The lowest BCUT2D eigenvalue weighted by Gasteiger charge is -2.27. The van der Waals surface area contributed by atoms with E-state index in [1.165, 1.54) is 0 Å². The number of hydrogen-bond donors (Lipinski definition) is 3. The Hall–Kier alpha value is -1.29. The van der Waals surface area contributed by atoms with Gasteiger partial charge in [-0.05, 0) is 6.42 Å².